The lowest BCUT2D eigenvalue weighted by Gasteiger charge is -2.10. The van der Waals surface area contributed by atoms with Gasteiger partial charge in [-0.3, -0.25) is 0 Å². The van der Waals surface area contributed by atoms with E-state index >= 15 is 0 Å². The molecule has 17 heavy (non-hydrogen) atoms. The van der Waals surface area contributed by atoms with Crippen LogP contribution in [-0.4, -0.2) is 9.67 Å². The summed E-state index contributed by atoms with van der Waals surface area (Å²) in [5.74, 6) is 0. The maximum Gasteiger partial charge on any atom is 0.128 e. The van der Waals surface area contributed by atoms with Crippen LogP contribution >= 0.6 is 0 Å². The summed E-state index contributed by atoms with van der Waals surface area (Å²) in [6, 6.07) is 13.8. The second-order valence-corrected chi connectivity index (χ2v) is 4.30. The minimum atomic E-state index is -0.555. The van der Waals surface area contributed by atoms with Gasteiger partial charge in [0.15, 0.2) is 0 Å². The predicted octanol–water partition coefficient (Wildman–Crippen LogP) is 2.89. The van der Waals surface area contributed by atoms with E-state index in [9.17, 15) is 5.11 Å². The first-order chi connectivity index (χ1) is 8.18. The number of benzene rings is 2. The van der Waals surface area contributed by atoms with Gasteiger partial charge in [0.2, 0.25) is 0 Å². The van der Waals surface area contributed by atoms with Gasteiger partial charge in [0, 0.05) is 16.5 Å². The molecule has 1 atom stereocenters. The first-order valence-corrected chi connectivity index (χ1v) is 5.65. The fourth-order valence-corrected chi connectivity index (χ4v) is 2.42. The van der Waals surface area contributed by atoms with Gasteiger partial charge < -0.3 is 15.4 Å². The summed E-state index contributed by atoms with van der Waals surface area (Å²) < 4.78 is 1.92. The van der Waals surface area contributed by atoms with E-state index in [4.69, 9.17) is 5.73 Å². The molecule has 0 radical (unpaired) electrons. The molecule has 3 rings (SSSR count). The van der Waals surface area contributed by atoms with Crippen LogP contribution in [0.1, 0.15) is 13.2 Å². The van der Waals surface area contributed by atoms with E-state index < -0.39 is 6.23 Å². The van der Waals surface area contributed by atoms with Gasteiger partial charge in [-0.1, -0.05) is 18.2 Å². The highest BCUT2D eigenvalue weighted by atomic mass is 16.3. The summed E-state index contributed by atoms with van der Waals surface area (Å²) in [5.41, 5.74) is 8.61. The third kappa shape index (κ3) is 1.40. The van der Waals surface area contributed by atoms with Crippen LogP contribution in [0.3, 0.4) is 0 Å². The summed E-state index contributed by atoms with van der Waals surface area (Å²) in [6.07, 6.45) is -0.555. The largest absolute Gasteiger partial charge is 0.399 e. The number of para-hydroxylation sites is 1. The van der Waals surface area contributed by atoms with E-state index in [0.29, 0.717) is 0 Å². The molecule has 0 aliphatic rings. The molecule has 0 aliphatic carbocycles. The van der Waals surface area contributed by atoms with Crippen molar-refractivity contribution in [2.45, 2.75) is 13.2 Å². The van der Waals surface area contributed by atoms with E-state index in [1.807, 2.05) is 41.0 Å². The van der Waals surface area contributed by atoms with E-state index in [1.165, 1.54) is 0 Å². The first-order valence-electron chi connectivity index (χ1n) is 5.65. The van der Waals surface area contributed by atoms with Gasteiger partial charge in [-0.15, -0.1) is 0 Å². The van der Waals surface area contributed by atoms with Gasteiger partial charge in [0.1, 0.15) is 6.23 Å². The Morgan fingerprint density at radius 1 is 1.06 bits per heavy atom. The number of hydrogen-bond acceptors (Lipinski definition) is 2. The molecule has 3 N–H and O–H groups in total. The van der Waals surface area contributed by atoms with E-state index in [-0.39, 0.29) is 0 Å². The molecule has 0 fully saturated rings. The van der Waals surface area contributed by atoms with Crippen LogP contribution in [0.5, 0.6) is 0 Å². The zero-order valence-electron chi connectivity index (χ0n) is 9.59. The number of aromatic nitrogens is 1. The predicted molar refractivity (Wildman–Crippen MR) is 70.8 cm³/mol. The number of nitrogen functional groups attached to an aromatic ring is 1. The minimum absolute atomic E-state index is 0.555. The molecule has 3 aromatic rings. The Balaban J connectivity index is 2.57. The average molecular weight is 226 g/mol. The Morgan fingerprint density at radius 2 is 1.76 bits per heavy atom. The number of anilines is 1. The monoisotopic (exact) mass is 226 g/mol. The quantitative estimate of drug-likeness (QED) is 0.627. The van der Waals surface area contributed by atoms with Crippen molar-refractivity contribution in [2.75, 3.05) is 5.73 Å². The molecule has 1 aromatic heterocycles. The summed E-state index contributed by atoms with van der Waals surface area (Å²) in [5, 5.41) is 12.1. The molecule has 0 spiro atoms. The normalized spacial score (nSPS) is 13.3. The molecule has 86 valence electrons. The van der Waals surface area contributed by atoms with Crippen molar-refractivity contribution in [3.63, 3.8) is 0 Å². The van der Waals surface area contributed by atoms with Crippen LogP contribution in [0.4, 0.5) is 5.69 Å². The molecule has 0 saturated carbocycles. The maximum atomic E-state index is 9.91. The number of rotatable bonds is 1. The second kappa shape index (κ2) is 3.50. The van der Waals surface area contributed by atoms with Crippen molar-refractivity contribution in [3.8, 4) is 0 Å². The first kappa shape index (κ1) is 10.2. The number of fused-ring (bicyclic) bond motifs is 3. The fourth-order valence-electron chi connectivity index (χ4n) is 2.42. The fraction of sp³-hybridized carbons (Fsp3) is 0.143. The summed E-state index contributed by atoms with van der Waals surface area (Å²) in [6.45, 7) is 1.77. The van der Waals surface area contributed by atoms with Crippen molar-refractivity contribution in [1.29, 1.82) is 0 Å². The smallest absolute Gasteiger partial charge is 0.128 e. The Kier molecular flexibility index (Phi) is 2.09. The molecule has 0 saturated heterocycles. The van der Waals surface area contributed by atoms with Crippen molar-refractivity contribution < 1.29 is 5.11 Å². The van der Waals surface area contributed by atoms with Crippen LogP contribution in [0, 0.1) is 0 Å². The van der Waals surface area contributed by atoms with Crippen LogP contribution in [0.25, 0.3) is 21.8 Å². The highest BCUT2D eigenvalue weighted by molar-refractivity contribution is 6.09. The highest BCUT2D eigenvalue weighted by Gasteiger charge is 2.12. The second-order valence-electron chi connectivity index (χ2n) is 4.30. The zero-order chi connectivity index (χ0) is 12.0. The van der Waals surface area contributed by atoms with E-state index in [1.54, 1.807) is 6.92 Å². The highest BCUT2D eigenvalue weighted by Crippen LogP contribution is 2.32. The molecule has 0 bridgehead atoms. The van der Waals surface area contributed by atoms with Gasteiger partial charge in [-0.2, -0.15) is 0 Å². The molecule has 2 aromatic carbocycles. The van der Waals surface area contributed by atoms with Crippen LogP contribution in [0.15, 0.2) is 42.5 Å². The third-order valence-electron chi connectivity index (χ3n) is 3.11. The summed E-state index contributed by atoms with van der Waals surface area (Å²) >= 11 is 0. The van der Waals surface area contributed by atoms with Crippen LogP contribution < -0.4 is 5.73 Å². The summed E-state index contributed by atoms with van der Waals surface area (Å²) in [4.78, 5) is 0. The molecule has 1 unspecified atom stereocenters. The van der Waals surface area contributed by atoms with E-state index in [0.717, 1.165) is 27.5 Å². The molecule has 0 aliphatic heterocycles. The average Bonchev–Trinajstić information content (AvgIpc) is 2.63. The lowest BCUT2D eigenvalue weighted by molar-refractivity contribution is 0.134. The Bertz CT molecular complexity index is 698. The SMILES string of the molecule is CC(O)n1c2ccccc2c2cc(N)ccc21. The van der Waals surface area contributed by atoms with Gasteiger partial charge in [-0.05, 0) is 31.2 Å². The number of nitrogens with zero attached hydrogens (tertiary/aromatic N) is 1. The van der Waals surface area contributed by atoms with Crippen LogP contribution in [0.2, 0.25) is 0 Å². The van der Waals surface area contributed by atoms with Crippen molar-refractivity contribution >= 4 is 27.5 Å². The maximum absolute atomic E-state index is 9.91. The third-order valence-corrected chi connectivity index (χ3v) is 3.11. The molecular formula is C14H14N2O. The lowest BCUT2D eigenvalue weighted by Crippen LogP contribution is -2.02. The molecular weight excluding hydrogens is 212 g/mol. The number of aliphatic hydroxyl groups is 1. The molecule has 0 amide bonds. The molecule has 1 heterocycles. The van der Waals surface area contributed by atoms with Crippen molar-refractivity contribution in [2.24, 2.45) is 0 Å². The van der Waals surface area contributed by atoms with Gasteiger partial charge in [0.25, 0.3) is 0 Å². The number of hydrogen-bond donors (Lipinski definition) is 2. The Hall–Kier alpha value is -2.00. The number of nitrogens with two attached hydrogens (primary N) is 1. The van der Waals surface area contributed by atoms with Crippen LogP contribution in [-0.2, 0) is 0 Å². The standard InChI is InChI=1S/C14H14N2O/c1-9(17)16-13-5-3-2-4-11(13)12-8-10(15)6-7-14(12)16/h2-9,17H,15H2,1H3. The summed E-state index contributed by atoms with van der Waals surface area (Å²) in [7, 11) is 0. The minimum Gasteiger partial charge on any atom is -0.399 e. The Labute approximate surface area is 99.1 Å². The number of aliphatic hydroxyl groups excluding tert-OH is 1. The van der Waals surface area contributed by atoms with Gasteiger partial charge in [-0.25, -0.2) is 0 Å². The van der Waals surface area contributed by atoms with Crippen molar-refractivity contribution in [1.82, 2.24) is 4.57 Å². The zero-order valence-corrected chi connectivity index (χ0v) is 9.59. The van der Waals surface area contributed by atoms with Crippen molar-refractivity contribution in [3.05, 3.63) is 42.5 Å². The Morgan fingerprint density at radius 3 is 2.53 bits per heavy atom. The molecule has 3 nitrogen and oxygen atoms in total. The molecule has 3 heteroatoms. The van der Waals surface area contributed by atoms with E-state index in [2.05, 4.69) is 6.07 Å². The topological polar surface area (TPSA) is 51.2 Å². The lowest BCUT2D eigenvalue weighted by atomic mass is 10.1. The van der Waals surface area contributed by atoms with Gasteiger partial charge in [0.05, 0.1) is 11.0 Å². The van der Waals surface area contributed by atoms with Gasteiger partial charge >= 0.3 is 0 Å².